The number of nitrogen functional groups attached to an aromatic ring is 1. The molecular formula is C14H24N4OS. The highest BCUT2D eigenvalue weighted by Gasteiger charge is 2.38. The minimum atomic E-state index is -0.0600. The number of thiazole rings is 1. The van der Waals surface area contributed by atoms with Crippen LogP contribution in [-0.2, 0) is 0 Å². The fourth-order valence-electron chi connectivity index (χ4n) is 3.30. The van der Waals surface area contributed by atoms with Gasteiger partial charge in [0.05, 0.1) is 5.69 Å². The molecule has 1 saturated heterocycles. The first kappa shape index (κ1) is 15.3. The Morgan fingerprint density at radius 1 is 1.35 bits per heavy atom. The van der Waals surface area contributed by atoms with Crippen molar-refractivity contribution in [2.24, 2.45) is 0 Å². The number of amides is 1. The van der Waals surface area contributed by atoms with Gasteiger partial charge in [-0.25, -0.2) is 4.98 Å². The standard InChI is InChI=1S/C14H24N4OS/c1-8-10(20-12(15)16-8)11(19)17-9-6-13(2,3)18-14(4,5)7-9/h9,18H,6-7H2,1-5H3,(H2,15,16)(H,17,19). The Hall–Kier alpha value is -1.14. The lowest BCUT2D eigenvalue weighted by molar-refractivity contribution is 0.0876. The van der Waals surface area contributed by atoms with Gasteiger partial charge in [0.15, 0.2) is 5.13 Å². The number of hydrogen-bond donors (Lipinski definition) is 3. The van der Waals surface area contributed by atoms with E-state index in [4.69, 9.17) is 5.73 Å². The maximum Gasteiger partial charge on any atom is 0.263 e. The van der Waals surface area contributed by atoms with E-state index in [1.54, 1.807) is 0 Å². The summed E-state index contributed by atoms with van der Waals surface area (Å²) < 4.78 is 0. The summed E-state index contributed by atoms with van der Waals surface area (Å²) in [6.07, 6.45) is 1.82. The van der Waals surface area contributed by atoms with E-state index in [0.29, 0.717) is 15.7 Å². The lowest BCUT2D eigenvalue weighted by Gasteiger charge is -2.46. The molecule has 1 aromatic rings. The van der Waals surface area contributed by atoms with Gasteiger partial charge in [-0.05, 0) is 47.5 Å². The number of aryl methyl sites for hydroxylation is 1. The van der Waals surface area contributed by atoms with Crippen molar-refractivity contribution >= 4 is 22.4 Å². The first-order valence-electron chi connectivity index (χ1n) is 6.91. The van der Waals surface area contributed by atoms with Crippen LogP contribution in [0, 0.1) is 6.92 Å². The van der Waals surface area contributed by atoms with Crippen LogP contribution in [0.3, 0.4) is 0 Å². The summed E-state index contributed by atoms with van der Waals surface area (Å²) in [4.78, 5) is 17.1. The predicted octanol–water partition coefficient (Wildman–Crippen LogP) is 2.07. The van der Waals surface area contributed by atoms with E-state index in [1.165, 1.54) is 11.3 Å². The van der Waals surface area contributed by atoms with Gasteiger partial charge < -0.3 is 16.4 Å². The molecule has 4 N–H and O–H groups in total. The van der Waals surface area contributed by atoms with Crippen molar-refractivity contribution in [3.05, 3.63) is 10.6 Å². The van der Waals surface area contributed by atoms with Crippen molar-refractivity contribution in [3.63, 3.8) is 0 Å². The molecule has 2 heterocycles. The van der Waals surface area contributed by atoms with Gasteiger partial charge in [0, 0.05) is 17.1 Å². The zero-order valence-corrected chi connectivity index (χ0v) is 13.6. The van der Waals surface area contributed by atoms with Crippen molar-refractivity contribution in [3.8, 4) is 0 Å². The number of nitrogens with one attached hydrogen (secondary N) is 2. The molecule has 0 atom stereocenters. The van der Waals surface area contributed by atoms with Crippen LogP contribution in [0.4, 0.5) is 5.13 Å². The molecule has 0 aromatic carbocycles. The number of carbonyl (C=O) groups excluding carboxylic acids is 1. The summed E-state index contributed by atoms with van der Waals surface area (Å²) >= 11 is 1.25. The molecule has 2 rings (SSSR count). The average molecular weight is 296 g/mol. The molecule has 0 saturated carbocycles. The number of anilines is 1. The third-order valence-corrected chi connectivity index (χ3v) is 4.53. The van der Waals surface area contributed by atoms with Gasteiger partial charge in [0.25, 0.3) is 5.91 Å². The minimum Gasteiger partial charge on any atom is -0.375 e. The van der Waals surface area contributed by atoms with Crippen molar-refractivity contribution < 1.29 is 4.79 Å². The topological polar surface area (TPSA) is 80.0 Å². The Morgan fingerprint density at radius 3 is 2.35 bits per heavy atom. The molecule has 5 nitrogen and oxygen atoms in total. The molecule has 112 valence electrons. The smallest absolute Gasteiger partial charge is 0.263 e. The summed E-state index contributed by atoms with van der Waals surface area (Å²) in [5.41, 5.74) is 6.39. The van der Waals surface area contributed by atoms with Crippen LogP contribution < -0.4 is 16.4 Å². The lowest BCUT2D eigenvalue weighted by Crippen LogP contribution is -2.62. The Labute approximate surface area is 124 Å². The number of nitrogens with two attached hydrogens (primary N) is 1. The molecule has 0 radical (unpaired) electrons. The van der Waals surface area contributed by atoms with Crippen molar-refractivity contribution in [2.75, 3.05) is 5.73 Å². The Kier molecular flexibility index (Phi) is 3.81. The normalized spacial score (nSPS) is 21.6. The van der Waals surface area contributed by atoms with Gasteiger partial charge in [-0.15, -0.1) is 0 Å². The maximum atomic E-state index is 12.4. The SMILES string of the molecule is Cc1nc(N)sc1C(=O)NC1CC(C)(C)NC(C)(C)C1. The number of nitrogens with zero attached hydrogens (tertiary/aromatic N) is 1. The second-order valence-corrected chi connectivity index (χ2v) is 7.97. The molecule has 0 bridgehead atoms. The quantitative estimate of drug-likeness (QED) is 0.780. The molecule has 0 aliphatic carbocycles. The van der Waals surface area contributed by atoms with E-state index < -0.39 is 0 Å². The molecule has 20 heavy (non-hydrogen) atoms. The Bertz CT molecular complexity index is 505. The first-order valence-corrected chi connectivity index (χ1v) is 7.73. The zero-order chi connectivity index (χ0) is 15.1. The Morgan fingerprint density at radius 2 is 1.90 bits per heavy atom. The summed E-state index contributed by atoms with van der Waals surface area (Å²) in [6, 6.07) is 0.163. The summed E-state index contributed by atoms with van der Waals surface area (Å²) in [5.74, 6) is -0.0600. The molecule has 0 unspecified atom stereocenters. The highest BCUT2D eigenvalue weighted by molar-refractivity contribution is 7.17. The van der Waals surface area contributed by atoms with Gasteiger partial charge in [-0.2, -0.15) is 0 Å². The predicted molar refractivity (Wildman–Crippen MR) is 83.0 cm³/mol. The molecular weight excluding hydrogens is 272 g/mol. The van der Waals surface area contributed by atoms with E-state index >= 15 is 0 Å². The van der Waals surface area contributed by atoms with Crippen LogP contribution in [-0.4, -0.2) is 28.0 Å². The largest absolute Gasteiger partial charge is 0.375 e. The fourth-order valence-corrected chi connectivity index (χ4v) is 4.04. The number of hydrogen-bond acceptors (Lipinski definition) is 5. The van der Waals surface area contributed by atoms with Crippen LogP contribution in [0.1, 0.15) is 55.9 Å². The summed E-state index contributed by atoms with van der Waals surface area (Å²) in [7, 11) is 0. The van der Waals surface area contributed by atoms with Crippen LogP contribution in [0.15, 0.2) is 0 Å². The highest BCUT2D eigenvalue weighted by Crippen LogP contribution is 2.29. The zero-order valence-electron chi connectivity index (χ0n) is 12.8. The molecule has 1 aromatic heterocycles. The number of aromatic nitrogens is 1. The minimum absolute atomic E-state index is 0.0153. The van der Waals surface area contributed by atoms with Gasteiger partial charge in [-0.3, -0.25) is 4.79 Å². The van der Waals surface area contributed by atoms with Crippen molar-refractivity contribution in [1.29, 1.82) is 0 Å². The van der Waals surface area contributed by atoms with E-state index in [-0.39, 0.29) is 23.0 Å². The third kappa shape index (κ3) is 3.49. The second-order valence-electron chi connectivity index (χ2n) is 6.94. The van der Waals surface area contributed by atoms with E-state index in [0.717, 1.165) is 12.8 Å². The highest BCUT2D eigenvalue weighted by atomic mass is 32.1. The van der Waals surface area contributed by atoms with Gasteiger partial charge in [0.2, 0.25) is 0 Å². The van der Waals surface area contributed by atoms with Gasteiger partial charge in [-0.1, -0.05) is 11.3 Å². The van der Waals surface area contributed by atoms with E-state index in [2.05, 4.69) is 43.3 Å². The monoisotopic (exact) mass is 296 g/mol. The molecule has 1 aliphatic rings. The molecule has 1 fully saturated rings. The van der Waals surface area contributed by atoms with Gasteiger partial charge in [0.1, 0.15) is 4.88 Å². The molecule has 1 aliphatic heterocycles. The summed E-state index contributed by atoms with van der Waals surface area (Å²) in [5, 5.41) is 7.19. The maximum absolute atomic E-state index is 12.4. The average Bonchev–Trinajstić information content (AvgIpc) is 2.52. The van der Waals surface area contributed by atoms with E-state index in [9.17, 15) is 4.79 Å². The third-order valence-electron chi connectivity index (χ3n) is 3.54. The Balaban J connectivity index is 2.09. The first-order chi connectivity index (χ1) is 9.08. The second kappa shape index (κ2) is 5.00. The van der Waals surface area contributed by atoms with Crippen LogP contribution >= 0.6 is 11.3 Å². The lowest BCUT2D eigenvalue weighted by atomic mass is 9.79. The number of carbonyl (C=O) groups is 1. The van der Waals surface area contributed by atoms with Crippen molar-refractivity contribution in [2.45, 2.75) is 64.6 Å². The van der Waals surface area contributed by atoms with Crippen LogP contribution in [0.25, 0.3) is 0 Å². The van der Waals surface area contributed by atoms with E-state index in [1.807, 2.05) is 6.92 Å². The summed E-state index contributed by atoms with van der Waals surface area (Å²) in [6.45, 7) is 10.5. The van der Waals surface area contributed by atoms with Crippen LogP contribution in [0.5, 0.6) is 0 Å². The molecule has 0 spiro atoms. The molecule has 1 amide bonds. The van der Waals surface area contributed by atoms with Crippen LogP contribution in [0.2, 0.25) is 0 Å². The number of piperidine rings is 1. The molecule has 6 heteroatoms. The van der Waals surface area contributed by atoms with Crippen molar-refractivity contribution in [1.82, 2.24) is 15.6 Å². The fraction of sp³-hybridized carbons (Fsp3) is 0.714. The van der Waals surface area contributed by atoms with Gasteiger partial charge >= 0.3 is 0 Å². The number of rotatable bonds is 2.